The van der Waals surface area contributed by atoms with Crippen molar-refractivity contribution in [2.45, 2.75) is 45.5 Å². The Kier molecular flexibility index (Phi) is 4.28. The second-order valence-electron chi connectivity index (χ2n) is 5.89. The lowest BCUT2D eigenvalue weighted by Gasteiger charge is -2.36. The van der Waals surface area contributed by atoms with Crippen LogP contribution in [0.1, 0.15) is 26.3 Å². The summed E-state index contributed by atoms with van der Waals surface area (Å²) in [6.07, 6.45) is 0. The Balaban J connectivity index is 2.74. The van der Waals surface area contributed by atoms with Crippen molar-refractivity contribution in [1.29, 1.82) is 0 Å². The van der Waals surface area contributed by atoms with Crippen LogP contribution in [0.25, 0.3) is 0 Å². The minimum Gasteiger partial charge on any atom is -0.412 e. The fraction of sp³-hybridized carbons (Fsp3) is 0.538. The van der Waals surface area contributed by atoms with Crippen LogP contribution in [-0.4, -0.2) is 8.32 Å². The summed E-state index contributed by atoms with van der Waals surface area (Å²) in [5, 5.41) is 0.882. The smallest absolute Gasteiger partial charge is 0.192 e. The van der Waals surface area contributed by atoms with Gasteiger partial charge < -0.3 is 10.2 Å². The van der Waals surface area contributed by atoms with Gasteiger partial charge in [-0.25, -0.2) is 0 Å². The molecule has 96 valence electrons. The van der Waals surface area contributed by atoms with E-state index in [9.17, 15) is 0 Å². The van der Waals surface area contributed by atoms with Crippen molar-refractivity contribution in [2.75, 3.05) is 5.73 Å². The highest BCUT2D eigenvalue weighted by Gasteiger charge is 2.37. The number of anilines is 1. The van der Waals surface area contributed by atoms with Gasteiger partial charge in [0.1, 0.15) is 0 Å². The van der Waals surface area contributed by atoms with Crippen LogP contribution in [0.3, 0.4) is 0 Å². The third-order valence-corrected chi connectivity index (χ3v) is 8.22. The molecule has 0 aliphatic heterocycles. The molecule has 0 bridgehead atoms. The molecular weight excluding hydrogens is 250 g/mol. The summed E-state index contributed by atoms with van der Waals surface area (Å²) in [5.41, 5.74) is 7.63. The van der Waals surface area contributed by atoms with Crippen molar-refractivity contribution in [3.05, 3.63) is 28.8 Å². The maximum atomic E-state index is 6.12. The topological polar surface area (TPSA) is 35.2 Å². The van der Waals surface area contributed by atoms with Crippen molar-refractivity contribution in [2.24, 2.45) is 0 Å². The van der Waals surface area contributed by atoms with Crippen molar-refractivity contribution in [1.82, 2.24) is 0 Å². The Morgan fingerprint density at radius 2 is 1.88 bits per heavy atom. The normalized spacial score (nSPS) is 12.8. The molecule has 0 atom stereocenters. The lowest BCUT2D eigenvalue weighted by Crippen LogP contribution is -2.40. The summed E-state index contributed by atoms with van der Waals surface area (Å²) in [6.45, 7) is 11.7. The number of rotatable bonds is 3. The molecule has 0 amide bonds. The average Bonchev–Trinajstić information content (AvgIpc) is 2.14. The fourth-order valence-corrected chi connectivity index (χ4v) is 2.30. The van der Waals surface area contributed by atoms with E-state index in [0.717, 1.165) is 5.56 Å². The Bertz CT molecular complexity index is 399. The van der Waals surface area contributed by atoms with Crippen molar-refractivity contribution in [3.63, 3.8) is 0 Å². The van der Waals surface area contributed by atoms with E-state index in [4.69, 9.17) is 21.8 Å². The summed E-state index contributed by atoms with van der Waals surface area (Å²) in [7, 11) is -1.71. The molecule has 0 heterocycles. The van der Waals surface area contributed by atoms with Gasteiger partial charge in [0.15, 0.2) is 8.32 Å². The first-order chi connectivity index (χ1) is 7.63. The average molecular weight is 272 g/mol. The monoisotopic (exact) mass is 271 g/mol. The van der Waals surface area contributed by atoms with Crippen LogP contribution in [0, 0.1) is 0 Å². The molecule has 17 heavy (non-hydrogen) atoms. The summed E-state index contributed by atoms with van der Waals surface area (Å²) in [5.74, 6) is 0. The van der Waals surface area contributed by atoms with Crippen LogP contribution in [0.5, 0.6) is 0 Å². The molecule has 2 N–H and O–H groups in total. The van der Waals surface area contributed by atoms with Crippen LogP contribution in [0.15, 0.2) is 18.2 Å². The molecular formula is C13H22ClNOSi. The number of benzene rings is 1. The van der Waals surface area contributed by atoms with E-state index in [1.807, 2.05) is 12.1 Å². The van der Waals surface area contributed by atoms with E-state index < -0.39 is 8.32 Å². The highest BCUT2D eigenvalue weighted by atomic mass is 35.5. The standard InChI is InChI=1S/C13H22ClNOSi/c1-13(2,3)17(4,5)16-9-10-6-7-11(14)8-12(10)15/h6-8H,9,15H2,1-5H3. The first-order valence-corrected chi connectivity index (χ1v) is 9.10. The molecule has 0 aromatic heterocycles. The third kappa shape index (κ3) is 3.73. The summed E-state index contributed by atoms with van der Waals surface area (Å²) in [6, 6.07) is 5.55. The van der Waals surface area contributed by atoms with Gasteiger partial charge in [0.25, 0.3) is 0 Å². The van der Waals surface area contributed by atoms with Gasteiger partial charge in [0.05, 0.1) is 6.61 Å². The minimum atomic E-state index is -1.71. The number of hydrogen-bond donors (Lipinski definition) is 1. The highest BCUT2D eigenvalue weighted by molar-refractivity contribution is 6.74. The first kappa shape index (κ1) is 14.5. The summed E-state index contributed by atoms with van der Waals surface area (Å²) < 4.78 is 6.12. The maximum Gasteiger partial charge on any atom is 0.192 e. The summed E-state index contributed by atoms with van der Waals surface area (Å²) in [4.78, 5) is 0. The number of nitrogens with two attached hydrogens (primary N) is 1. The molecule has 1 aromatic carbocycles. The minimum absolute atomic E-state index is 0.216. The number of halogens is 1. The molecule has 0 fully saturated rings. The Morgan fingerprint density at radius 1 is 1.29 bits per heavy atom. The molecule has 0 aliphatic carbocycles. The largest absolute Gasteiger partial charge is 0.412 e. The first-order valence-electron chi connectivity index (χ1n) is 5.81. The van der Waals surface area contributed by atoms with Gasteiger partial charge >= 0.3 is 0 Å². The zero-order valence-corrected chi connectivity index (χ0v) is 13.1. The molecule has 2 nitrogen and oxygen atoms in total. The van der Waals surface area contributed by atoms with E-state index in [0.29, 0.717) is 17.3 Å². The molecule has 1 rings (SSSR count). The van der Waals surface area contributed by atoms with Crippen molar-refractivity contribution >= 4 is 25.6 Å². The molecule has 0 saturated heterocycles. The predicted octanol–water partition coefficient (Wildman–Crippen LogP) is 4.44. The molecule has 0 spiro atoms. The van der Waals surface area contributed by atoms with Gasteiger partial charge in [-0.1, -0.05) is 38.4 Å². The van der Waals surface area contributed by atoms with Gasteiger partial charge in [0.2, 0.25) is 0 Å². The van der Waals surface area contributed by atoms with Crippen LogP contribution < -0.4 is 5.73 Å². The van der Waals surface area contributed by atoms with Crippen molar-refractivity contribution in [3.8, 4) is 0 Å². The van der Waals surface area contributed by atoms with Gasteiger partial charge in [0, 0.05) is 10.7 Å². The Labute approximate surface area is 110 Å². The van der Waals surface area contributed by atoms with Gasteiger partial charge in [-0.3, -0.25) is 0 Å². The van der Waals surface area contributed by atoms with E-state index in [2.05, 4.69) is 33.9 Å². The van der Waals surface area contributed by atoms with Crippen LogP contribution in [0.2, 0.25) is 23.2 Å². The third-order valence-electron chi connectivity index (χ3n) is 3.50. The van der Waals surface area contributed by atoms with Crippen LogP contribution in [-0.2, 0) is 11.0 Å². The Hall–Kier alpha value is -0.513. The van der Waals surface area contributed by atoms with E-state index >= 15 is 0 Å². The molecule has 1 aromatic rings. The highest BCUT2D eigenvalue weighted by Crippen LogP contribution is 2.37. The van der Waals surface area contributed by atoms with E-state index in [-0.39, 0.29) is 5.04 Å². The SMILES string of the molecule is CC(C)(C)[Si](C)(C)OCc1ccc(Cl)cc1N. The van der Waals surface area contributed by atoms with Gasteiger partial charge in [-0.15, -0.1) is 0 Å². The molecule has 4 heteroatoms. The predicted molar refractivity (Wildman–Crippen MR) is 77.9 cm³/mol. The van der Waals surface area contributed by atoms with Gasteiger partial charge in [-0.05, 0) is 35.8 Å². The second kappa shape index (κ2) is 5.00. The maximum absolute atomic E-state index is 6.12. The lowest BCUT2D eigenvalue weighted by atomic mass is 10.2. The van der Waals surface area contributed by atoms with Crippen LogP contribution in [0.4, 0.5) is 5.69 Å². The Morgan fingerprint density at radius 3 is 2.35 bits per heavy atom. The van der Waals surface area contributed by atoms with E-state index in [1.165, 1.54) is 0 Å². The zero-order valence-electron chi connectivity index (χ0n) is 11.3. The van der Waals surface area contributed by atoms with Gasteiger partial charge in [-0.2, -0.15) is 0 Å². The number of hydrogen-bond acceptors (Lipinski definition) is 2. The van der Waals surface area contributed by atoms with E-state index in [1.54, 1.807) is 6.07 Å². The van der Waals surface area contributed by atoms with Crippen molar-refractivity contribution < 1.29 is 4.43 Å². The lowest BCUT2D eigenvalue weighted by molar-refractivity contribution is 0.277. The quantitative estimate of drug-likeness (QED) is 0.651. The number of nitrogen functional groups attached to an aromatic ring is 1. The zero-order chi connectivity index (χ0) is 13.3. The fourth-order valence-electron chi connectivity index (χ4n) is 1.17. The molecule has 0 unspecified atom stereocenters. The molecule has 0 radical (unpaired) electrons. The molecule has 0 saturated carbocycles. The summed E-state index contributed by atoms with van der Waals surface area (Å²) >= 11 is 5.87. The molecule has 0 aliphatic rings. The second-order valence-corrected chi connectivity index (χ2v) is 11.1. The van der Waals surface area contributed by atoms with Crippen LogP contribution >= 0.6 is 11.6 Å².